The van der Waals surface area contributed by atoms with Gasteiger partial charge in [-0.1, -0.05) is 6.07 Å². The molecule has 9 nitrogen and oxygen atoms in total. The van der Waals surface area contributed by atoms with E-state index >= 15 is 0 Å². The van der Waals surface area contributed by atoms with E-state index in [2.05, 4.69) is 20.3 Å². The lowest BCUT2D eigenvalue weighted by Gasteiger charge is -2.35. The number of ether oxygens (including phenoxy) is 1. The molecule has 2 aromatic heterocycles. The molecule has 10 heteroatoms. The van der Waals surface area contributed by atoms with Crippen LogP contribution >= 0.6 is 0 Å². The molecule has 0 aliphatic carbocycles. The first-order valence-electron chi connectivity index (χ1n) is 11.1. The molecule has 1 amide bonds. The van der Waals surface area contributed by atoms with Gasteiger partial charge in [-0.05, 0) is 25.1 Å². The van der Waals surface area contributed by atoms with E-state index in [1.54, 1.807) is 29.2 Å². The average molecular weight is 465 g/mol. The van der Waals surface area contributed by atoms with Crippen molar-refractivity contribution in [1.82, 2.24) is 20.3 Å². The Hall–Kier alpha value is -3.63. The zero-order valence-electron chi connectivity index (χ0n) is 19.0. The third-order valence-electron chi connectivity index (χ3n) is 6.20. The van der Waals surface area contributed by atoms with Gasteiger partial charge in [0.15, 0.2) is 0 Å². The van der Waals surface area contributed by atoms with E-state index in [0.717, 1.165) is 6.54 Å². The number of aliphatic hydroxyl groups is 1. The van der Waals surface area contributed by atoms with Crippen molar-refractivity contribution in [3.63, 3.8) is 0 Å². The molecule has 1 aromatic carbocycles. The van der Waals surface area contributed by atoms with Gasteiger partial charge in [0.05, 0.1) is 37.6 Å². The zero-order valence-corrected chi connectivity index (χ0v) is 19.0. The van der Waals surface area contributed by atoms with Gasteiger partial charge < -0.3 is 20.1 Å². The summed E-state index contributed by atoms with van der Waals surface area (Å²) >= 11 is 0. The summed E-state index contributed by atoms with van der Waals surface area (Å²) in [5.74, 6) is 0.552. The molecule has 3 aromatic rings. The van der Waals surface area contributed by atoms with Crippen molar-refractivity contribution in [2.24, 2.45) is 0 Å². The lowest BCUT2D eigenvalue weighted by Crippen LogP contribution is -2.53. The summed E-state index contributed by atoms with van der Waals surface area (Å²) in [6.45, 7) is 4.01. The second-order valence-corrected chi connectivity index (χ2v) is 8.30. The number of hydrogen-bond acceptors (Lipinski definition) is 8. The first-order valence-corrected chi connectivity index (χ1v) is 11.1. The summed E-state index contributed by atoms with van der Waals surface area (Å²) in [4.78, 5) is 30.6. The molecule has 0 saturated carbocycles. The molecule has 5 rings (SSSR count). The minimum absolute atomic E-state index is 0.0345. The summed E-state index contributed by atoms with van der Waals surface area (Å²) < 4.78 is 20.2. The number of aryl methyl sites for hydroxylation is 1. The Kier molecular flexibility index (Phi) is 5.84. The fourth-order valence-electron chi connectivity index (χ4n) is 4.52. The molecule has 1 fully saturated rings. The SMILES string of the molecule is COc1cccc(F)c1-c1nccc2c1CN(c1cc(C)nc(N3CCNC[C@H]3CO)n1)C2=O. The molecular formula is C24H25FN6O3. The number of nitrogens with zero attached hydrogens (tertiary/aromatic N) is 5. The fraction of sp³-hybridized carbons (Fsp3) is 0.333. The Balaban J connectivity index is 1.55. The van der Waals surface area contributed by atoms with Gasteiger partial charge in [-0.15, -0.1) is 0 Å². The number of anilines is 2. The van der Waals surface area contributed by atoms with Crippen LogP contribution in [-0.2, 0) is 6.54 Å². The van der Waals surface area contributed by atoms with Crippen LogP contribution in [0.2, 0.25) is 0 Å². The van der Waals surface area contributed by atoms with Crippen molar-refractivity contribution in [3.8, 4) is 17.0 Å². The molecule has 2 N–H and O–H groups in total. The molecule has 2 aliphatic rings. The molecule has 1 atom stereocenters. The highest BCUT2D eigenvalue weighted by Crippen LogP contribution is 2.38. The number of nitrogens with one attached hydrogen (secondary N) is 1. The number of hydrogen-bond donors (Lipinski definition) is 2. The van der Waals surface area contributed by atoms with Crippen LogP contribution < -0.4 is 19.9 Å². The number of fused-ring (bicyclic) bond motifs is 1. The van der Waals surface area contributed by atoms with Gasteiger partial charge in [0, 0.05) is 48.7 Å². The summed E-state index contributed by atoms with van der Waals surface area (Å²) in [5.41, 5.74) is 2.36. The van der Waals surface area contributed by atoms with Gasteiger partial charge in [0.2, 0.25) is 5.95 Å². The summed E-state index contributed by atoms with van der Waals surface area (Å²) in [5, 5.41) is 13.0. The molecule has 0 spiro atoms. The standard InChI is InChI=1S/C24H25FN6O3/c1-14-10-20(29-24(28-14)30-9-8-26-11-15(30)13-32)31-12-17-16(23(31)33)6-7-27-22(17)21-18(25)4-3-5-19(21)34-2/h3-7,10,15,26,32H,8-9,11-13H2,1-2H3/t15-/m0/s1. The predicted molar refractivity (Wildman–Crippen MR) is 125 cm³/mol. The molecule has 176 valence electrons. The zero-order chi connectivity index (χ0) is 23.8. The van der Waals surface area contributed by atoms with Crippen molar-refractivity contribution in [3.05, 3.63) is 59.2 Å². The van der Waals surface area contributed by atoms with E-state index < -0.39 is 5.82 Å². The number of amides is 1. The van der Waals surface area contributed by atoms with Gasteiger partial charge in [-0.3, -0.25) is 14.7 Å². The highest BCUT2D eigenvalue weighted by atomic mass is 19.1. The number of piperazine rings is 1. The first kappa shape index (κ1) is 22.2. The van der Waals surface area contributed by atoms with Crippen molar-refractivity contribution in [1.29, 1.82) is 0 Å². The van der Waals surface area contributed by atoms with Crippen LogP contribution in [0.5, 0.6) is 5.75 Å². The minimum atomic E-state index is -0.472. The maximum Gasteiger partial charge on any atom is 0.260 e. The summed E-state index contributed by atoms with van der Waals surface area (Å²) in [6.07, 6.45) is 1.50. The number of aromatic nitrogens is 3. The Bertz CT molecular complexity index is 1250. The summed E-state index contributed by atoms with van der Waals surface area (Å²) in [6, 6.07) is 7.82. The highest BCUT2D eigenvalue weighted by molar-refractivity contribution is 6.10. The number of methoxy groups -OCH3 is 1. The van der Waals surface area contributed by atoms with Crippen LogP contribution in [0.25, 0.3) is 11.3 Å². The third kappa shape index (κ3) is 3.74. The highest BCUT2D eigenvalue weighted by Gasteiger charge is 2.34. The van der Waals surface area contributed by atoms with Crippen molar-refractivity contribution in [2.75, 3.05) is 43.2 Å². The number of halogens is 1. The van der Waals surface area contributed by atoms with Crippen LogP contribution in [0, 0.1) is 12.7 Å². The molecule has 2 aliphatic heterocycles. The van der Waals surface area contributed by atoms with Crippen molar-refractivity contribution >= 4 is 17.7 Å². The second-order valence-electron chi connectivity index (χ2n) is 8.30. The van der Waals surface area contributed by atoms with E-state index in [-0.39, 0.29) is 30.7 Å². The maximum atomic E-state index is 14.8. The third-order valence-corrected chi connectivity index (χ3v) is 6.20. The molecule has 4 heterocycles. The van der Waals surface area contributed by atoms with E-state index in [4.69, 9.17) is 4.74 Å². The number of rotatable bonds is 5. The lowest BCUT2D eigenvalue weighted by molar-refractivity contribution is 0.0996. The number of carbonyl (C=O) groups excluding carboxylic acids is 1. The van der Waals surface area contributed by atoms with Gasteiger partial charge in [-0.2, -0.15) is 4.98 Å². The van der Waals surface area contributed by atoms with Crippen LogP contribution in [0.3, 0.4) is 0 Å². The molecule has 0 bridgehead atoms. The quantitative estimate of drug-likeness (QED) is 0.591. The second kappa shape index (κ2) is 8.96. The average Bonchev–Trinajstić information content (AvgIpc) is 3.20. The number of carbonyl (C=O) groups is 1. The first-order chi connectivity index (χ1) is 16.5. The summed E-state index contributed by atoms with van der Waals surface area (Å²) in [7, 11) is 1.47. The molecule has 0 radical (unpaired) electrons. The Morgan fingerprint density at radius 2 is 2.15 bits per heavy atom. The van der Waals surface area contributed by atoms with Gasteiger partial charge in [0.1, 0.15) is 17.4 Å². The van der Waals surface area contributed by atoms with Crippen LogP contribution in [0.4, 0.5) is 16.2 Å². The molecule has 0 unspecified atom stereocenters. The number of pyridine rings is 1. The molecule has 34 heavy (non-hydrogen) atoms. The molecular weight excluding hydrogens is 439 g/mol. The maximum absolute atomic E-state index is 14.8. The van der Waals surface area contributed by atoms with Crippen molar-refractivity contribution < 1.29 is 19.0 Å². The van der Waals surface area contributed by atoms with E-state index in [0.29, 0.717) is 53.1 Å². The van der Waals surface area contributed by atoms with Gasteiger partial charge in [-0.25, -0.2) is 9.37 Å². The van der Waals surface area contributed by atoms with E-state index in [9.17, 15) is 14.3 Å². The Labute approximate surface area is 196 Å². The smallest absolute Gasteiger partial charge is 0.260 e. The predicted octanol–water partition coefficient (Wildman–Crippen LogP) is 1.93. The van der Waals surface area contributed by atoms with Crippen molar-refractivity contribution in [2.45, 2.75) is 19.5 Å². The van der Waals surface area contributed by atoms with E-state index in [1.807, 2.05) is 11.8 Å². The lowest BCUT2D eigenvalue weighted by atomic mass is 10.0. The minimum Gasteiger partial charge on any atom is -0.496 e. The fourth-order valence-corrected chi connectivity index (χ4v) is 4.52. The van der Waals surface area contributed by atoms with Crippen LogP contribution in [0.1, 0.15) is 21.6 Å². The largest absolute Gasteiger partial charge is 0.496 e. The monoisotopic (exact) mass is 464 g/mol. The van der Waals surface area contributed by atoms with E-state index in [1.165, 1.54) is 19.4 Å². The molecule has 1 saturated heterocycles. The topological polar surface area (TPSA) is 104 Å². The van der Waals surface area contributed by atoms with Gasteiger partial charge >= 0.3 is 0 Å². The van der Waals surface area contributed by atoms with Crippen LogP contribution in [0.15, 0.2) is 36.5 Å². The Morgan fingerprint density at radius 3 is 2.94 bits per heavy atom. The van der Waals surface area contributed by atoms with Gasteiger partial charge in [0.25, 0.3) is 5.91 Å². The van der Waals surface area contributed by atoms with Crippen LogP contribution in [-0.4, -0.2) is 65.4 Å². The Morgan fingerprint density at radius 1 is 1.29 bits per heavy atom. The normalized spacial score (nSPS) is 17.8. The number of aliphatic hydroxyl groups excluding tert-OH is 1. The number of benzene rings is 1.